The third kappa shape index (κ3) is 4.30. The van der Waals surface area contributed by atoms with Gasteiger partial charge in [-0.3, -0.25) is 9.59 Å². The highest BCUT2D eigenvalue weighted by Gasteiger charge is 2.62. The second-order valence-electron chi connectivity index (χ2n) is 12.6. The maximum atomic E-state index is 12.4. The summed E-state index contributed by atoms with van der Waals surface area (Å²) in [6.45, 7) is 4.90. The molecule has 8 atom stereocenters. The van der Waals surface area contributed by atoms with Gasteiger partial charge in [-0.05, 0) is 85.4 Å². The Balaban J connectivity index is 1.43. The van der Waals surface area contributed by atoms with Crippen LogP contribution in [0.1, 0.15) is 104 Å². The molecule has 0 aromatic carbocycles. The highest BCUT2D eigenvalue weighted by molar-refractivity contribution is 5.79. The van der Waals surface area contributed by atoms with Crippen LogP contribution in [0.2, 0.25) is 0 Å². The van der Waals surface area contributed by atoms with E-state index in [9.17, 15) is 14.7 Å². The van der Waals surface area contributed by atoms with Crippen LogP contribution in [0.5, 0.6) is 0 Å². The molecule has 0 aromatic heterocycles. The molecule has 0 bridgehead atoms. The van der Waals surface area contributed by atoms with Crippen molar-refractivity contribution in [1.29, 1.82) is 0 Å². The third-order valence-corrected chi connectivity index (χ3v) is 10.8. The third-order valence-electron chi connectivity index (χ3n) is 10.8. The topological polar surface area (TPSA) is 57.6 Å². The number of hydrogen-bond acceptors (Lipinski definition) is 3. The lowest BCUT2D eigenvalue weighted by molar-refractivity contribution is -0.156. The zero-order valence-corrected chi connectivity index (χ0v) is 21.1. The zero-order chi connectivity index (χ0) is 23.1. The molecule has 4 aliphatic carbocycles. The van der Waals surface area contributed by atoms with Gasteiger partial charge in [0, 0.05) is 33.4 Å². The van der Waals surface area contributed by atoms with Gasteiger partial charge in [0.25, 0.3) is 0 Å². The van der Waals surface area contributed by atoms with Gasteiger partial charge >= 0.3 is 0 Å². The Morgan fingerprint density at radius 1 is 1.00 bits per heavy atom. The number of fused-ring (bicyclic) bond motifs is 5. The van der Waals surface area contributed by atoms with Crippen LogP contribution in [-0.4, -0.2) is 41.9 Å². The average Bonchev–Trinajstić information content (AvgIpc) is 3.05. The summed E-state index contributed by atoms with van der Waals surface area (Å²) in [6.07, 6.45) is 14.9. The molecule has 3 unspecified atom stereocenters. The number of ketones is 1. The van der Waals surface area contributed by atoms with E-state index in [2.05, 4.69) is 13.8 Å². The zero-order valence-electron chi connectivity index (χ0n) is 21.1. The van der Waals surface area contributed by atoms with Crippen molar-refractivity contribution in [2.24, 2.45) is 40.4 Å². The highest BCUT2D eigenvalue weighted by Crippen LogP contribution is 2.67. The quantitative estimate of drug-likeness (QED) is 0.518. The summed E-state index contributed by atoms with van der Waals surface area (Å²) in [4.78, 5) is 25.9. The van der Waals surface area contributed by atoms with Crippen LogP contribution < -0.4 is 0 Å². The summed E-state index contributed by atoms with van der Waals surface area (Å²) in [5.41, 5.74) is 0.441. The Bertz CT molecular complexity index is 705. The maximum absolute atomic E-state index is 12.4. The van der Waals surface area contributed by atoms with Gasteiger partial charge in [0.05, 0.1) is 6.10 Å². The number of rotatable bonds is 7. The fraction of sp³-hybridized carbons (Fsp3) is 0.929. The molecule has 0 aromatic rings. The summed E-state index contributed by atoms with van der Waals surface area (Å²) in [7, 11) is 3.67. The van der Waals surface area contributed by atoms with Crippen LogP contribution in [0.25, 0.3) is 0 Å². The van der Waals surface area contributed by atoms with E-state index in [0.29, 0.717) is 35.4 Å². The van der Waals surface area contributed by atoms with Crippen molar-refractivity contribution < 1.29 is 14.7 Å². The standard InChI is InChI=1S/C28H47NO3/c1-27-15-13-21(30)18-20(27)17-19(9-7-5-6-8-10-25(32)29(3)4)26-22-11-12-24(31)28(22,2)16-14-23(26)27/h19-20,22-24,26,31H,5-18H2,1-4H3/t19?,20?,22-,23+,24?,26-,27-,28-/m0/s1. The van der Waals surface area contributed by atoms with E-state index in [1.807, 2.05) is 14.1 Å². The minimum Gasteiger partial charge on any atom is -0.393 e. The Hall–Kier alpha value is -0.900. The van der Waals surface area contributed by atoms with Crippen LogP contribution in [0, 0.1) is 40.4 Å². The summed E-state index contributed by atoms with van der Waals surface area (Å²) in [5.74, 6) is 4.14. The molecule has 0 spiro atoms. The van der Waals surface area contributed by atoms with E-state index < -0.39 is 0 Å². The van der Waals surface area contributed by atoms with Gasteiger partial charge in [-0.2, -0.15) is 0 Å². The number of Topliss-reactive ketones (excluding diaryl/α,β-unsaturated/α-hetero) is 1. The lowest BCUT2D eigenvalue weighted by Crippen LogP contribution is -2.57. The monoisotopic (exact) mass is 445 g/mol. The lowest BCUT2D eigenvalue weighted by Gasteiger charge is -2.62. The van der Waals surface area contributed by atoms with Crippen LogP contribution in [0.3, 0.4) is 0 Å². The first-order valence-electron chi connectivity index (χ1n) is 13.6. The van der Waals surface area contributed by atoms with Gasteiger partial charge in [0.1, 0.15) is 5.78 Å². The molecule has 32 heavy (non-hydrogen) atoms. The molecule has 4 nitrogen and oxygen atoms in total. The minimum atomic E-state index is -0.123. The van der Waals surface area contributed by atoms with Crippen LogP contribution in [0.15, 0.2) is 0 Å². The number of carbonyl (C=O) groups excluding carboxylic acids is 2. The second-order valence-corrected chi connectivity index (χ2v) is 12.6. The number of amides is 1. The first kappa shape index (κ1) is 24.2. The smallest absolute Gasteiger partial charge is 0.222 e. The Morgan fingerprint density at radius 3 is 2.47 bits per heavy atom. The Kier molecular flexibility index (Phi) is 7.11. The summed E-state index contributed by atoms with van der Waals surface area (Å²) in [5, 5.41) is 10.9. The number of nitrogens with zero attached hydrogens (tertiary/aromatic N) is 1. The molecule has 182 valence electrons. The van der Waals surface area contributed by atoms with Crippen molar-refractivity contribution in [3.05, 3.63) is 0 Å². The highest BCUT2D eigenvalue weighted by atomic mass is 16.3. The number of aliphatic hydroxyl groups excluding tert-OH is 1. The molecule has 4 rings (SSSR count). The number of aliphatic hydroxyl groups is 1. The molecule has 4 fully saturated rings. The van der Waals surface area contributed by atoms with E-state index in [1.165, 1.54) is 44.9 Å². The molecule has 1 N–H and O–H groups in total. The van der Waals surface area contributed by atoms with Crippen molar-refractivity contribution in [3.8, 4) is 0 Å². The van der Waals surface area contributed by atoms with Crippen molar-refractivity contribution in [1.82, 2.24) is 4.90 Å². The summed E-state index contributed by atoms with van der Waals surface area (Å²) < 4.78 is 0. The first-order valence-corrected chi connectivity index (χ1v) is 13.6. The number of hydrogen-bond donors (Lipinski definition) is 1. The lowest BCUT2D eigenvalue weighted by atomic mass is 9.42. The maximum Gasteiger partial charge on any atom is 0.222 e. The fourth-order valence-electron chi connectivity index (χ4n) is 8.75. The molecule has 4 aliphatic rings. The van der Waals surface area contributed by atoms with Gasteiger partial charge in [-0.25, -0.2) is 0 Å². The van der Waals surface area contributed by atoms with Gasteiger partial charge in [-0.1, -0.05) is 39.5 Å². The van der Waals surface area contributed by atoms with Gasteiger partial charge in [0.2, 0.25) is 5.91 Å². The number of unbranched alkanes of at least 4 members (excludes halogenated alkanes) is 3. The molecule has 0 aliphatic heterocycles. The van der Waals surface area contributed by atoms with Crippen LogP contribution in [-0.2, 0) is 9.59 Å². The van der Waals surface area contributed by atoms with Gasteiger partial charge in [0.15, 0.2) is 0 Å². The molecular formula is C28H47NO3. The second kappa shape index (κ2) is 9.39. The molecule has 4 saturated carbocycles. The SMILES string of the molecule is CN(C)C(=O)CCCCCCC1CC2CC(=O)CC[C@]2(C)[C@@H]2CC[C@]3(C)C(O)CC[C@H]3[C@H]12. The van der Waals surface area contributed by atoms with E-state index in [1.54, 1.807) is 4.90 Å². The van der Waals surface area contributed by atoms with Crippen LogP contribution in [0.4, 0.5) is 0 Å². The summed E-state index contributed by atoms with van der Waals surface area (Å²) >= 11 is 0. The Morgan fingerprint density at radius 2 is 1.72 bits per heavy atom. The minimum absolute atomic E-state index is 0.111. The number of carbonyl (C=O) groups is 2. The van der Waals surface area contributed by atoms with Crippen molar-refractivity contribution in [2.45, 2.75) is 110 Å². The van der Waals surface area contributed by atoms with E-state index in [0.717, 1.165) is 50.4 Å². The van der Waals surface area contributed by atoms with Crippen molar-refractivity contribution >= 4 is 11.7 Å². The van der Waals surface area contributed by atoms with Crippen LogP contribution >= 0.6 is 0 Å². The Labute approximate surface area is 195 Å². The predicted octanol–water partition coefficient (Wildman–Crippen LogP) is 5.61. The summed E-state index contributed by atoms with van der Waals surface area (Å²) in [6, 6.07) is 0. The average molecular weight is 446 g/mol. The van der Waals surface area contributed by atoms with E-state index in [4.69, 9.17) is 0 Å². The largest absolute Gasteiger partial charge is 0.393 e. The molecule has 0 heterocycles. The normalized spacial score (nSPS) is 43.3. The molecule has 0 saturated heterocycles. The van der Waals surface area contributed by atoms with E-state index in [-0.39, 0.29) is 17.4 Å². The fourth-order valence-corrected chi connectivity index (χ4v) is 8.75. The molecule has 1 amide bonds. The van der Waals surface area contributed by atoms with Crippen molar-refractivity contribution in [2.75, 3.05) is 14.1 Å². The van der Waals surface area contributed by atoms with E-state index >= 15 is 0 Å². The molecule has 0 radical (unpaired) electrons. The molecule has 4 heteroatoms. The molecular weight excluding hydrogens is 398 g/mol. The van der Waals surface area contributed by atoms with Crippen molar-refractivity contribution in [3.63, 3.8) is 0 Å². The predicted molar refractivity (Wildman–Crippen MR) is 128 cm³/mol. The van der Waals surface area contributed by atoms with Gasteiger partial charge in [-0.15, -0.1) is 0 Å². The van der Waals surface area contributed by atoms with Gasteiger partial charge < -0.3 is 10.0 Å². The first-order chi connectivity index (χ1) is 15.2.